The number of azo groups is 1. The molecule has 27 heavy (non-hydrogen) atoms. The predicted molar refractivity (Wildman–Crippen MR) is 99.9 cm³/mol. The van der Waals surface area contributed by atoms with Gasteiger partial charge in [-0.3, -0.25) is 4.68 Å². The maximum absolute atomic E-state index is 12.7. The summed E-state index contributed by atoms with van der Waals surface area (Å²) in [5.41, 5.74) is 2.56. The second-order valence-electron chi connectivity index (χ2n) is 6.90. The van der Waals surface area contributed by atoms with E-state index in [1.165, 1.54) is 0 Å². The monoisotopic (exact) mass is 368 g/mol. The molecule has 0 bridgehead atoms. The zero-order valence-electron chi connectivity index (χ0n) is 15.5. The molecule has 1 saturated heterocycles. The van der Waals surface area contributed by atoms with Gasteiger partial charge in [-0.15, -0.1) is 5.11 Å². The Balaban J connectivity index is 1.78. The zero-order valence-corrected chi connectivity index (χ0v) is 15.5. The van der Waals surface area contributed by atoms with E-state index in [1.807, 2.05) is 35.0 Å². The van der Waals surface area contributed by atoms with Crippen LogP contribution in [0.5, 0.6) is 0 Å². The second-order valence-corrected chi connectivity index (χ2v) is 6.90. The van der Waals surface area contributed by atoms with E-state index in [4.69, 9.17) is 14.6 Å². The number of aromatic nitrogens is 2. The molecule has 2 fully saturated rings. The highest BCUT2D eigenvalue weighted by atomic mass is 16.5. The molecular formula is C20H24N4O3. The highest BCUT2D eigenvalue weighted by Gasteiger charge is 2.36. The van der Waals surface area contributed by atoms with Crippen LogP contribution in [0.2, 0.25) is 0 Å². The molecule has 1 aromatic carbocycles. The standard InChI is InChI=1S/C20H24N4O3/c1-2-27-20(25)19-18(22-21-15-6-4-3-5-7-15)17(14-10-12-26-13-11-14)23-24(19)16-8-9-16/h3-7,14,16H,2,8-13H2,1H3/b22-21+. The molecule has 2 heterocycles. The summed E-state index contributed by atoms with van der Waals surface area (Å²) >= 11 is 0. The summed E-state index contributed by atoms with van der Waals surface area (Å²) < 4.78 is 12.6. The molecule has 0 spiro atoms. The topological polar surface area (TPSA) is 78.1 Å². The number of hydrogen-bond donors (Lipinski definition) is 0. The Morgan fingerprint density at radius 3 is 2.59 bits per heavy atom. The molecule has 2 aromatic rings. The van der Waals surface area contributed by atoms with Crippen LogP contribution in [0.25, 0.3) is 0 Å². The van der Waals surface area contributed by atoms with E-state index < -0.39 is 0 Å². The van der Waals surface area contributed by atoms with Crippen LogP contribution in [-0.4, -0.2) is 35.6 Å². The SMILES string of the molecule is CCOC(=O)c1c(/N=N/c2ccccc2)c(C2CCOCC2)nn1C1CC1. The van der Waals surface area contributed by atoms with Crippen LogP contribution in [-0.2, 0) is 9.47 Å². The summed E-state index contributed by atoms with van der Waals surface area (Å²) in [6, 6.07) is 9.77. The minimum atomic E-state index is -0.378. The molecule has 1 aromatic heterocycles. The molecule has 1 aliphatic carbocycles. The van der Waals surface area contributed by atoms with Crippen LogP contribution < -0.4 is 0 Å². The van der Waals surface area contributed by atoms with Gasteiger partial charge in [0.1, 0.15) is 5.69 Å². The van der Waals surface area contributed by atoms with E-state index >= 15 is 0 Å². The van der Waals surface area contributed by atoms with Gasteiger partial charge in [0, 0.05) is 19.1 Å². The van der Waals surface area contributed by atoms with Gasteiger partial charge in [-0.05, 0) is 44.7 Å². The molecule has 4 rings (SSSR count). The minimum absolute atomic E-state index is 0.219. The predicted octanol–water partition coefficient (Wildman–Crippen LogP) is 4.70. The highest BCUT2D eigenvalue weighted by Crippen LogP contribution is 2.42. The van der Waals surface area contributed by atoms with Crippen molar-refractivity contribution in [1.29, 1.82) is 0 Å². The first-order valence-corrected chi connectivity index (χ1v) is 9.62. The van der Waals surface area contributed by atoms with Crippen molar-refractivity contribution >= 4 is 17.3 Å². The van der Waals surface area contributed by atoms with Crippen molar-refractivity contribution < 1.29 is 14.3 Å². The first kappa shape index (κ1) is 17.9. The third kappa shape index (κ3) is 3.93. The van der Waals surface area contributed by atoms with Crippen LogP contribution in [0.1, 0.15) is 60.7 Å². The van der Waals surface area contributed by atoms with Crippen LogP contribution >= 0.6 is 0 Å². The maximum atomic E-state index is 12.7. The van der Waals surface area contributed by atoms with Gasteiger partial charge in [-0.2, -0.15) is 10.2 Å². The van der Waals surface area contributed by atoms with E-state index in [1.54, 1.807) is 6.92 Å². The molecule has 142 valence electrons. The van der Waals surface area contributed by atoms with Gasteiger partial charge in [0.05, 0.1) is 24.0 Å². The molecule has 7 heteroatoms. The maximum Gasteiger partial charge on any atom is 0.358 e. The first-order valence-electron chi connectivity index (χ1n) is 9.62. The van der Waals surface area contributed by atoms with Crippen molar-refractivity contribution in [3.05, 3.63) is 41.7 Å². The third-order valence-corrected chi connectivity index (χ3v) is 4.90. The second kappa shape index (κ2) is 8.00. The fraction of sp³-hybridized carbons (Fsp3) is 0.500. The molecular weight excluding hydrogens is 344 g/mol. The Kier molecular flexibility index (Phi) is 5.29. The molecule has 0 unspecified atom stereocenters. The summed E-state index contributed by atoms with van der Waals surface area (Å²) in [5.74, 6) is -0.158. The smallest absolute Gasteiger partial charge is 0.358 e. The summed E-state index contributed by atoms with van der Waals surface area (Å²) in [5, 5.41) is 13.7. The van der Waals surface area contributed by atoms with E-state index in [2.05, 4.69) is 10.2 Å². The molecule has 1 saturated carbocycles. The average molecular weight is 368 g/mol. The number of carbonyl (C=O) groups is 1. The van der Waals surface area contributed by atoms with Crippen LogP contribution in [0.3, 0.4) is 0 Å². The summed E-state index contributed by atoms with van der Waals surface area (Å²) in [4.78, 5) is 12.7. The number of benzene rings is 1. The van der Waals surface area contributed by atoms with Crippen molar-refractivity contribution in [2.24, 2.45) is 10.2 Å². The Hall–Kier alpha value is -2.54. The Labute approximate surface area is 158 Å². The van der Waals surface area contributed by atoms with E-state index in [0.29, 0.717) is 31.2 Å². The molecule has 0 radical (unpaired) electrons. The van der Waals surface area contributed by atoms with E-state index in [0.717, 1.165) is 37.1 Å². The first-order chi connectivity index (χ1) is 13.3. The highest BCUT2D eigenvalue weighted by molar-refractivity contribution is 5.94. The van der Waals surface area contributed by atoms with E-state index in [-0.39, 0.29) is 17.9 Å². The lowest BCUT2D eigenvalue weighted by Crippen LogP contribution is -2.15. The normalized spacial score (nSPS) is 18.1. The van der Waals surface area contributed by atoms with Gasteiger partial charge in [-0.1, -0.05) is 18.2 Å². The van der Waals surface area contributed by atoms with Gasteiger partial charge >= 0.3 is 5.97 Å². The quantitative estimate of drug-likeness (QED) is 0.547. The van der Waals surface area contributed by atoms with Crippen LogP contribution in [0.15, 0.2) is 40.6 Å². The molecule has 2 aliphatic rings. The number of nitrogens with zero attached hydrogens (tertiary/aromatic N) is 4. The number of rotatable bonds is 6. The van der Waals surface area contributed by atoms with Crippen molar-refractivity contribution in [3.63, 3.8) is 0 Å². The van der Waals surface area contributed by atoms with E-state index in [9.17, 15) is 4.79 Å². The Morgan fingerprint density at radius 2 is 1.93 bits per heavy atom. The van der Waals surface area contributed by atoms with Gasteiger partial charge in [0.15, 0.2) is 5.69 Å². The third-order valence-electron chi connectivity index (χ3n) is 4.90. The Bertz CT molecular complexity index is 821. The molecule has 7 nitrogen and oxygen atoms in total. The summed E-state index contributed by atoms with van der Waals surface area (Å²) in [6.45, 7) is 3.52. The zero-order chi connectivity index (χ0) is 18.6. The summed E-state index contributed by atoms with van der Waals surface area (Å²) in [6.07, 6.45) is 3.79. The Morgan fingerprint density at radius 1 is 1.19 bits per heavy atom. The van der Waals surface area contributed by atoms with Gasteiger partial charge in [-0.25, -0.2) is 4.79 Å². The molecule has 0 N–H and O–H groups in total. The minimum Gasteiger partial charge on any atom is -0.461 e. The number of hydrogen-bond acceptors (Lipinski definition) is 6. The lowest BCUT2D eigenvalue weighted by molar-refractivity contribution is 0.0512. The van der Waals surface area contributed by atoms with Gasteiger partial charge in [0.25, 0.3) is 0 Å². The fourth-order valence-corrected chi connectivity index (χ4v) is 3.36. The van der Waals surface area contributed by atoms with Gasteiger partial charge < -0.3 is 9.47 Å². The van der Waals surface area contributed by atoms with Crippen molar-refractivity contribution in [2.75, 3.05) is 19.8 Å². The largest absolute Gasteiger partial charge is 0.461 e. The lowest BCUT2D eigenvalue weighted by atomic mass is 9.95. The van der Waals surface area contributed by atoms with Crippen LogP contribution in [0, 0.1) is 0 Å². The molecule has 1 aliphatic heterocycles. The number of esters is 1. The van der Waals surface area contributed by atoms with Crippen LogP contribution in [0.4, 0.5) is 11.4 Å². The molecule has 0 atom stereocenters. The van der Waals surface area contributed by atoms with Crippen molar-refractivity contribution in [2.45, 2.75) is 44.6 Å². The van der Waals surface area contributed by atoms with Gasteiger partial charge in [0.2, 0.25) is 0 Å². The van der Waals surface area contributed by atoms with Crippen molar-refractivity contribution in [3.8, 4) is 0 Å². The fourth-order valence-electron chi connectivity index (χ4n) is 3.36. The average Bonchev–Trinajstić information content (AvgIpc) is 3.48. The van der Waals surface area contributed by atoms with Crippen molar-refractivity contribution in [1.82, 2.24) is 9.78 Å². The molecule has 0 amide bonds. The number of carbonyl (C=O) groups excluding carboxylic acids is 1. The lowest BCUT2D eigenvalue weighted by Gasteiger charge is -2.20. The summed E-state index contributed by atoms with van der Waals surface area (Å²) in [7, 11) is 0. The number of ether oxygens (including phenoxy) is 2.